The molecule has 7 heteroatoms. The number of ether oxygens (including phenoxy) is 1. The van der Waals surface area contributed by atoms with Gasteiger partial charge in [-0.05, 0) is 37.8 Å². The number of unbranched alkanes of at least 4 members (excludes halogenated alkanes) is 1. The van der Waals surface area contributed by atoms with E-state index >= 15 is 0 Å². The van der Waals surface area contributed by atoms with E-state index in [2.05, 4.69) is 15.2 Å². The number of hydrogen-bond donors (Lipinski definition) is 1. The molecule has 3 rings (SSSR count). The van der Waals surface area contributed by atoms with E-state index in [9.17, 15) is 4.79 Å². The zero-order valence-corrected chi connectivity index (χ0v) is 17.8. The van der Waals surface area contributed by atoms with E-state index in [0.29, 0.717) is 25.0 Å². The second-order valence-corrected chi connectivity index (χ2v) is 7.92. The summed E-state index contributed by atoms with van der Waals surface area (Å²) in [6.45, 7) is 4.66. The van der Waals surface area contributed by atoms with Gasteiger partial charge in [-0.1, -0.05) is 25.7 Å². The van der Waals surface area contributed by atoms with Crippen LogP contribution in [-0.4, -0.2) is 74.1 Å². The van der Waals surface area contributed by atoms with Gasteiger partial charge in [0.05, 0.1) is 12.4 Å². The van der Waals surface area contributed by atoms with E-state index in [-0.39, 0.29) is 5.91 Å². The number of carbonyl (C=O) groups excluding carboxylic acids is 1. The maximum Gasteiger partial charge on any atom is 0.289 e. The molecule has 2 fully saturated rings. The summed E-state index contributed by atoms with van der Waals surface area (Å²) in [5.41, 5.74) is 0. The number of aliphatic imine (C=N–C) groups is 1. The first-order valence-electron chi connectivity index (χ1n) is 11.2. The molecule has 1 aromatic rings. The van der Waals surface area contributed by atoms with E-state index in [1.807, 2.05) is 11.9 Å². The van der Waals surface area contributed by atoms with Crippen molar-refractivity contribution in [3.05, 3.63) is 24.2 Å². The number of hydrogen-bond acceptors (Lipinski definition) is 4. The van der Waals surface area contributed by atoms with E-state index in [1.54, 1.807) is 12.1 Å². The van der Waals surface area contributed by atoms with Crippen LogP contribution < -0.4 is 5.32 Å². The zero-order valence-electron chi connectivity index (χ0n) is 17.8. The van der Waals surface area contributed by atoms with Gasteiger partial charge in [-0.3, -0.25) is 9.79 Å². The molecule has 1 aliphatic heterocycles. The quantitative estimate of drug-likeness (QED) is 0.327. The first kappa shape index (κ1) is 21.7. The minimum atomic E-state index is -0.0359. The Morgan fingerprint density at radius 3 is 2.52 bits per heavy atom. The van der Waals surface area contributed by atoms with Crippen LogP contribution in [0.3, 0.4) is 0 Å². The van der Waals surface area contributed by atoms with Crippen LogP contribution in [0.2, 0.25) is 0 Å². The Labute approximate surface area is 174 Å². The number of piperazine rings is 1. The molecule has 162 valence electrons. The van der Waals surface area contributed by atoms with Crippen molar-refractivity contribution in [2.45, 2.75) is 57.5 Å². The van der Waals surface area contributed by atoms with E-state index in [0.717, 1.165) is 45.0 Å². The number of rotatable bonds is 7. The number of guanidine groups is 1. The van der Waals surface area contributed by atoms with Crippen LogP contribution in [0.15, 0.2) is 27.8 Å². The van der Waals surface area contributed by atoms with Gasteiger partial charge in [0.15, 0.2) is 11.7 Å². The highest BCUT2D eigenvalue weighted by molar-refractivity contribution is 5.91. The molecular weight excluding hydrogens is 368 g/mol. The lowest BCUT2D eigenvalue weighted by Gasteiger charge is -2.36. The second-order valence-electron chi connectivity index (χ2n) is 7.92. The molecule has 1 saturated heterocycles. The van der Waals surface area contributed by atoms with Crippen molar-refractivity contribution in [2.75, 3.05) is 46.4 Å². The first-order chi connectivity index (χ1) is 14.3. The van der Waals surface area contributed by atoms with Crippen LogP contribution in [0.25, 0.3) is 0 Å². The summed E-state index contributed by atoms with van der Waals surface area (Å²) in [5, 5.41) is 3.46. The lowest BCUT2D eigenvalue weighted by molar-refractivity contribution is 0.0411. The highest BCUT2D eigenvalue weighted by atomic mass is 16.5. The maximum absolute atomic E-state index is 12.4. The van der Waals surface area contributed by atoms with Crippen molar-refractivity contribution in [1.29, 1.82) is 0 Å². The predicted octanol–water partition coefficient (Wildman–Crippen LogP) is 3.13. The monoisotopic (exact) mass is 404 g/mol. The third kappa shape index (κ3) is 6.77. The van der Waals surface area contributed by atoms with Gasteiger partial charge < -0.3 is 24.3 Å². The van der Waals surface area contributed by atoms with Crippen LogP contribution in [0.4, 0.5) is 0 Å². The molecule has 0 unspecified atom stereocenters. The Morgan fingerprint density at radius 1 is 1.14 bits per heavy atom. The lowest BCUT2D eigenvalue weighted by Crippen LogP contribution is -2.53. The summed E-state index contributed by atoms with van der Waals surface area (Å²) in [4.78, 5) is 20.8. The molecule has 1 aliphatic carbocycles. The Kier molecular flexibility index (Phi) is 8.86. The van der Waals surface area contributed by atoms with Crippen LogP contribution >= 0.6 is 0 Å². The van der Waals surface area contributed by atoms with Crippen molar-refractivity contribution < 1.29 is 13.9 Å². The average molecular weight is 405 g/mol. The smallest absolute Gasteiger partial charge is 0.289 e. The summed E-state index contributed by atoms with van der Waals surface area (Å²) < 4.78 is 11.3. The Morgan fingerprint density at radius 2 is 1.86 bits per heavy atom. The van der Waals surface area contributed by atoms with Gasteiger partial charge in [-0.2, -0.15) is 0 Å². The molecule has 0 aromatic carbocycles. The molecular formula is C22H36N4O3. The van der Waals surface area contributed by atoms with Crippen LogP contribution in [0, 0.1) is 0 Å². The van der Waals surface area contributed by atoms with Crippen molar-refractivity contribution in [3.8, 4) is 0 Å². The summed E-state index contributed by atoms with van der Waals surface area (Å²) in [6.07, 6.45) is 12.0. The predicted molar refractivity (Wildman–Crippen MR) is 114 cm³/mol. The fourth-order valence-corrected chi connectivity index (χ4v) is 4.10. The van der Waals surface area contributed by atoms with Crippen molar-refractivity contribution in [1.82, 2.24) is 15.1 Å². The largest absolute Gasteiger partial charge is 0.459 e. The molecule has 1 aromatic heterocycles. The minimum absolute atomic E-state index is 0.0359. The molecule has 7 nitrogen and oxygen atoms in total. The molecule has 29 heavy (non-hydrogen) atoms. The molecule has 1 amide bonds. The molecule has 2 heterocycles. The van der Waals surface area contributed by atoms with Gasteiger partial charge in [-0.25, -0.2) is 0 Å². The molecule has 0 atom stereocenters. The molecule has 1 saturated carbocycles. The fourth-order valence-electron chi connectivity index (χ4n) is 4.10. The topological polar surface area (TPSA) is 70.3 Å². The standard InChI is InChI=1S/C22H36N4O3/c1-23-22(24-12-6-7-17-28-19-9-4-2-3-5-10-19)26-15-13-25(14-16-26)21(27)20-11-8-18-29-20/h8,11,18-19H,2-7,9-10,12-17H2,1H3,(H,23,24). The number of amides is 1. The zero-order chi connectivity index (χ0) is 20.3. The summed E-state index contributed by atoms with van der Waals surface area (Å²) in [5.74, 6) is 1.29. The van der Waals surface area contributed by atoms with Crippen molar-refractivity contribution in [3.63, 3.8) is 0 Å². The lowest BCUT2D eigenvalue weighted by atomic mass is 10.1. The Hall–Kier alpha value is -2.02. The Balaban J connectivity index is 1.29. The third-order valence-corrected chi connectivity index (χ3v) is 5.82. The highest BCUT2D eigenvalue weighted by Gasteiger charge is 2.25. The van der Waals surface area contributed by atoms with Gasteiger partial charge in [-0.15, -0.1) is 0 Å². The minimum Gasteiger partial charge on any atom is -0.459 e. The Bertz CT molecular complexity index is 616. The number of nitrogens with one attached hydrogen (secondary N) is 1. The summed E-state index contributed by atoms with van der Waals surface area (Å²) in [6, 6.07) is 3.46. The van der Waals surface area contributed by atoms with E-state index in [1.165, 1.54) is 44.8 Å². The van der Waals surface area contributed by atoms with Gasteiger partial charge in [0.25, 0.3) is 5.91 Å². The van der Waals surface area contributed by atoms with Gasteiger partial charge >= 0.3 is 0 Å². The molecule has 0 radical (unpaired) electrons. The van der Waals surface area contributed by atoms with Crippen LogP contribution in [0.1, 0.15) is 61.9 Å². The number of nitrogens with zero attached hydrogens (tertiary/aromatic N) is 3. The second kappa shape index (κ2) is 11.9. The SMILES string of the molecule is CN=C(NCCCCOC1CCCCCC1)N1CCN(C(=O)c2ccco2)CC1. The van der Waals surface area contributed by atoms with Crippen LogP contribution in [-0.2, 0) is 4.74 Å². The molecule has 0 spiro atoms. The number of carbonyl (C=O) groups is 1. The van der Waals surface area contributed by atoms with E-state index in [4.69, 9.17) is 9.15 Å². The van der Waals surface area contributed by atoms with Gasteiger partial charge in [0, 0.05) is 46.4 Å². The molecule has 1 N–H and O–H groups in total. The van der Waals surface area contributed by atoms with Gasteiger partial charge in [0.2, 0.25) is 0 Å². The van der Waals surface area contributed by atoms with Crippen LogP contribution in [0.5, 0.6) is 0 Å². The van der Waals surface area contributed by atoms with Gasteiger partial charge in [0.1, 0.15) is 0 Å². The van der Waals surface area contributed by atoms with Crippen molar-refractivity contribution >= 4 is 11.9 Å². The van der Waals surface area contributed by atoms with E-state index < -0.39 is 0 Å². The summed E-state index contributed by atoms with van der Waals surface area (Å²) in [7, 11) is 1.82. The normalized spacial score (nSPS) is 19.3. The average Bonchev–Trinajstić information content (AvgIpc) is 3.17. The highest BCUT2D eigenvalue weighted by Crippen LogP contribution is 2.20. The molecule has 2 aliphatic rings. The maximum atomic E-state index is 12.4. The molecule has 0 bridgehead atoms. The third-order valence-electron chi connectivity index (χ3n) is 5.82. The summed E-state index contributed by atoms with van der Waals surface area (Å²) >= 11 is 0. The fraction of sp³-hybridized carbons (Fsp3) is 0.727. The van der Waals surface area contributed by atoms with Crippen molar-refractivity contribution in [2.24, 2.45) is 4.99 Å². The first-order valence-corrected chi connectivity index (χ1v) is 11.2. The number of furan rings is 1.